The molecule has 0 unspecified atom stereocenters. The normalized spacial score (nSPS) is 14.7. The summed E-state index contributed by atoms with van der Waals surface area (Å²) in [5, 5.41) is 14.3. The summed E-state index contributed by atoms with van der Waals surface area (Å²) < 4.78 is 0. The topological polar surface area (TPSA) is 102 Å². The van der Waals surface area contributed by atoms with E-state index in [1.165, 1.54) is 12.1 Å². The number of halogens is 2. The lowest BCUT2D eigenvalue weighted by atomic mass is 10.1. The summed E-state index contributed by atoms with van der Waals surface area (Å²) in [4.78, 5) is 23.8. The van der Waals surface area contributed by atoms with Gasteiger partial charge in [0, 0.05) is 49.9 Å². The molecule has 118 valence electrons. The van der Waals surface area contributed by atoms with E-state index in [9.17, 15) is 14.9 Å². The number of piperazine rings is 1. The molecular formula is C12H18Cl2N4O3. The summed E-state index contributed by atoms with van der Waals surface area (Å²) in [5.74, 6) is -0.656. The smallest absolute Gasteiger partial charge is 0.274 e. The molecule has 0 spiro atoms. The van der Waals surface area contributed by atoms with Gasteiger partial charge in [-0.2, -0.15) is 0 Å². The van der Waals surface area contributed by atoms with E-state index in [0.29, 0.717) is 12.1 Å². The molecule has 1 amide bonds. The van der Waals surface area contributed by atoms with Gasteiger partial charge in [0.25, 0.3) is 5.69 Å². The minimum atomic E-state index is -0.656. The van der Waals surface area contributed by atoms with Gasteiger partial charge in [-0.25, -0.2) is 0 Å². The zero-order valence-electron chi connectivity index (χ0n) is 11.3. The lowest BCUT2D eigenvalue weighted by Gasteiger charge is -2.27. The fraction of sp³-hybridized carbons (Fsp3) is 0.417. The van der Waals surface area contributed by atoms with Crippen LogP contribution in [0.2, 0.25) is 0 Å². The number of nitro benzene ring substituents is 1. The van der Waals surface area contributed by atoms with Crippen molar-refractivity contribution >= 4 is 36.4 Å². The molecule has 1 heterocycles. The molecule has 0 bridgehead atoms. The number of carbonyl (C=O) groups excluding carboxylic acids is 1. The lowest BCUT2D eigenvalue weighted by Crippen LogP contribution is -2.42. The van der Waals surface area contributed by atoms with Gasteiger partial charge in [0.2, 0.25) is 5.91 Å². The molecule has 1 aromatic rings. The highest BCUT2D eigenvalue weighted by Gasteiger charge is 2.19. The van der Waals surface area contributed by atoms with Gasteiger partial charge in [-0.15, -0.1) is 24.8 Å². The molecule has 0 aromatic heterocycles. The molecule has 0 radical (unpaired) electrons. The number of nitro groups is 1. The summed E-state index contributed by atoms with van der Waals surface area (Å²) >= 11 is 0. The molecular weight excluding hydrogens is 319 g/mol. The molecule has 3 N–H and O–H groups in total. The molecule has 21 heavy (non-hydrogen) atoms. The van der Waals surface area contributed by atoms with E-state index in [2.05, 4.69) is 10.2 Å². The zero-order chi connectivity index (χ0) is 13.8. The summed E-state index contributed by atoms with van der Waals surface area (Å²) in [6, 6.07) is 4.40. The summed E-state index contributed by atoms with van der Waals surface area (Å²) in [5.41, 5.74) is 5.86. The average molecular weight is 337 g/mol. The predicted molar refractivity (Wildman–Crippen MR) is 84.3 cm³/mol. The van der Waals surface area contributed by atoms with Gasteiger partial charge in [0.15, 0.2) is 0 Å². The van der Waals surface area contributed by atoms with Gasteiger partial charge in [-0.05, 0) is 6.07 Å². The second-order valence-electron chi connectivity index (χ2n) is 4.49. The Bertz CT molecular complexity index is 507. The molecule has 1 aliphatic rings. The van der Waals surface area contributed by atoms with E-state index in [1.807, 2.05) is 0 Å². The minimum absolute atomic E-state index is 0. The number of rotatable bonds is 4. The third-order valence-electron chi connectivity index (χ3n) is 3.17. The quantitative estimate of drug-likeness (QED) is 0.629. The van der Waals surface area contributed by atoms with Crippen LogP contribution in [0.4, 0.5) is 5.69 Å². The van der Waals surface area contributed by atoms with Crippen molar-refractivity contribution in [2.75, 3.05) is 26.2 Å². The Morgan fingerprint density at radius 2 is 1.95 bits per heavy atom. The largest absolute Gasteiger partial charge is 0.366 e. The van der Waals surface area contributed by atoms with Crippen LogP contribution in [0.1, 0.15) is 15.9 Å². The lowest BCUT2D eigenvalue weighted by molar-refractivity contribution is -0.385. The van der Waals surface area contributed by atoms with Gasteiger partial charge in [0.1, 0.15) is 0 Å². The van der Waals surface area contributed by atoms with Crippen molar-refractivity contribution in [3.8, 4) is 0 Å². The molecule has 1 saturated heterocycles. The predicted octanol–water partition coefficient (Wildman–Crippen LogP) is 0.942. The van der Waals surface area contributed by atoms with Crippen LogP contribution in [-0.4, -0.2) is 41.9 Å². The van der Waals surface area contributed by atoms with Crippen LogP contribution in [0, 0.1) is 10.1 Å². The van der Waals surface area contributed by atoms with Crippen LogP contribution < -0.4 is 11.1 Å². The van der Waals surface area contributed by atoms with Crippen molar-refractivity contribution in [2.45, 2.75) is 6.54 Å². The number of primary amides is 1. The zero-order valence-corrected chi connectivity index (χ0v) is 12.9. The van der Waals surface area contributed by atoms with E-state index in [1.54, 1.807) is 6.07 Å². The molecule has 0 aliphatic carbocycles. The standard InChI is InChI=1S/C12H16N4O3.2ClH/c13-12(17)9-1-2-10(11(7-9)16(18)19)8-15-5-3-14-4-6-15;;/h1-2,7,14H,3-6,8H2,(H2,13,17);2*1H. The Balaban J connectivity index is 0.00000200. The molecule has 2 rings (SSSR count). The van der Waals surface area contributed by atoms with Crippen molar-refractivity contribution in [3.05, 3.63) is 39.4 Å². The SMILES string of the molecule is Cl.Cl.NC(=O)c1ccc(CN2CCNCC2)c([N+](=O)[O-])c1. The monoisotopic (exact) mass is 336 g/mol. The molecule has 0 saturated carbocycles. The van der Waals surface area contributed by atoms with E-state index in [-0.39, 0.29) is 36.1 Å². The third kappa shape index (κ3) is 5.13. The van der Waals surface area contributed by atoms with Crippen LogP contribution in [0.5, 0.6) is 0 Å². The second-order valence-corrected chi connectivity index (χ2v) is 4.49. The van der Waals surface area contributed by atoms with Crippen LogP contribution in [0.3, 0.4) is 0 Å². The van der Waals surface area contributed by atoms with Crippen LogP contribution in [0.15, 0.2) is 18.2 Å². The first-order valence-electron chi connectivity index (χ1n) is 6.08. The van der Waals surface area contributed by atoms with Crippen molar-refractivity contribution in [1.29, 1.82) is 0 Å². The number of hydrogen-bond acceptors (Lipinski definition) is 5. The fourth-order valence-corrected chi connectivity index (χ4v) is 2.13. The van der Waals surface area contributed by atoms with E-state index >= 15 is 0 Å². The molecule has 1 aromatic carbocycles. The Kier molecular flexibility index (Phi) is 8.19. The van der Waals surface area contributed by atoms with Gasteiger partial charge >= 0.3 is 0 Å². The fourth-order valence-electron chi connectivity index (χ4n) is 2.13. The number of hydrogen-bond donors (Lipinski definition) is 2. The van der Waals surface area contributed by atoms with Crippen molar-refractivity contribution in [2.24, 2.45) is 5.73 Å². The van der Waals surface area contributed by atoms with E-state index in [0.717, 1.165) is 26.2 Å². The molecule has 1 aliphatic heterocycles. The number of carbonyl (C=O) groups is 1. The highest BCUT2D eigenvalue weighted by Crippen LogP contribution is 2.22. The van der Waals surface area contributed by atoms with Crippen LogP contribution in [-0.2, 0) is 6.54 Å². The highest BCUT2D eigenvalue weighted by atomic mass is 35.5. The summed E-state index contributed by atoms with van der Waals surface area (Å²) in [7, 11) is 0. The number of amides is 1. The van der Waals surface area contributed by atoms with Crippen LogP contribution >= 0.6 is 24.8 Å². The number of benzene rings is 1. The Hall–Kier alpha value is -1.41. The Labute approximate surface area is 134 Å². The highest BCUT2D eigenvalue weighted by molar-refractivity contribution is 5.93. The number of nitrogens with one attached hydrogen (secondary N) is 1. The number of nitrogens with two attached hydrogens (primary N) is 1. The third-order valence-corrected chi connectivity index (χ3v) is 3.17. The molecule has 1 fully saturated rings. The van der Waals surface area contributed by atoms with Gasteiger partial charge in [0.05, 0.1) is 4.92 Å². The molecule has 0 atom stereocenters. The first-order valence-corrected chi connectivity index (χ1v) is 6.08. The second kappa shape index (κ2) is 8.78. The van der Waals surface area contributed by atoms with Gasteiger partial charge < -0.3 is 11.1 Å². The first kappa shape index (κ1) is 19.6. The summed E-state index contributed by atoms with van der Waals surface area (Å²) in [6.45, 7) is 3.99. The van der Waals surface area contributed by atoms with Crippen LogP contribution in [0.25, 0.3) is 0 Å². The van der Waals surface area contributed by atoms with Gasteiger partial charge in [-0.1, -0.05) is 6.07 Å². The maximum absolute atomic E-state index is 11.1. The first-order chi connectivity index (χ1) is 9.08. The van der Waals surface area contributed by atoms with Crippen molar-refractivity contribution in [1.82, 2.24) is 10.2 Å². The molecule has 9 heteroatoms. The van der Waals surface area contributed by atoms with Crippen molar-refractivity contribution in [3.63, 3.8) is 0 Å². The summed E-state index contributed by atoms with van der Waals surface area (Å²) in [6.07, 6.45) is 0. The average Bonchev–Trinajstić information content (AvgIpc) is 2.39. The molecule has 7 nitrogen and oxygen atoms in total. The van der Waals surface area contributed by atoms with Crippen molar-refractivity contribution < 1.29 is 9.72 Å². The Morgan fingerprint density at radius 1 is 1.33 bits per heavy atom. The van der Waals surface area contributed by atoms with Gasteiger partial charge in [-0.3, -0.25) is 19.8 Å². The minimum Gasteiger partial charge on any atom is -0.366 e. The Morgan fingerprint density at radius 3 is 2.48 bits per heavy atom. The van der Waals surface area contributed by atoms with E-state index in [4.69, 9.17) is 5.73 Å². The maximum Gasteiger partial charge on any atom is 0.274 e. The maximum atomic E-state index is 11.1. The number of nitrogens with zero attached hydrogens (tertiary/aromatic N) is 2. The van der Waals surface area contributed by atoms with E-state index < -0.39 is 10.8 Å².